The van der Waals surface area contributed by atoms with Crippen molar-refractivity contribution in [2.24, 2.45) is 0 Å². The summed E-state index contributed by atoms with van der Waals surface area (Å²) in [6.07, 6.45) is 1.02. The normalized spacial score (nSPS) is 9.05. The molecule has 19 heavy (non-hydrogen) atoms. The summed E-state index contributed by atoms with van der Waals surface area (Å²) < 4.78 is 0. The summed E-state index contributed by atoms with van der Waals surface area (Å²) in [5.74, 6) is 0. The predicted octanol–water partition coefficient (Wildman–Crippen LogP) is -1.84. The van der Waals surface area contributed by atoms with Crippen LogP contribution in [0.3, 0.4) is 0 Å². The third-order valence-electron chi connectivity index (χ3n) is 2.93. The van der Waals surface area contributed by atoms with Crippen LogP contribution in [-0.2, 0) is 28.1 Å². The van der Waals surface area contributed by atoms with Crippen molar-refractivity contribution < 1.29 is 31.1 Å². The number of benzene rings is 2. The predicted molar refractivity (Wildman–Crippen MR) is 68.8 cm³/mol. The average Bonchev–Trinajstić information content (AvgIpc) is 2.72. The SMILES string of the molecule is [F-].[F-].[Ti+3].c1ccc(Cc2cc3ccccc3[cH-]2)cc1. The van der Waals surface area contributed by atoms with Crippen LogP contribution in [0.25, 0.3) is 10.8 Å². The third-order valence-corrected chi connectivity index (χ3v) is 2.93. The molecule has 0 amide bonds. The fraction of sp³-hybridized carbons (Fsp3) is 0.0625. The molecule has 0 fully saturated rings. The number of hydrogen-bond donors (Lipinski definition) is 0. The van der Waals surface area contributed by atoms with Crippen molar-refractivity contribution in [2.45, 2.75) is 6.42 Å². The Morgan fingerprint density at radius 3 is 2.11 bits per heavy atom. The van der Waals surface area contributed by atoms with E-state index in [9.17, 15) is 0 Å². The van der Waals surface area contributed by atoms with Crippen LogP contribution >= 0.6 is 0 Å². The fourth-order valence-corrected chi connectivity index (χ4v) is 2.15. The largest absolute Gasteiger partial charge is 3.00 e. The molecule has 0 unspecified atom stereocenters. The van der Waals surface area contributed by atoms with Gasteiger partial charge in [0.1, 0.15) is 0 Å². The molecule has 95 valence electrons. The first-order valence-electron chi connectivity index (χ1n) is 5.60. The van der Waals surface area contributed by atoms with Gasteiger partial charge >= 0.3 is 21.7 Å². The average molecular weight is 291 g/mol. The molecule has 3 rings (SSSR count). The number of rotatable bonds is 2. The van der Waals surface area contributed by atoms with E-state index in [1.807, 2.05) is 0 Å². The molecule has 0 spiro atoms. The van der Waals surface area contributed by atoms with E-state index < -0.39 is 0 Å². The Bertz CT molecular complexity index is 569. The fourth-order valence-electron chi connectivity index (χ4n) is 2.15. The van der Waals surface area contributed by atoms with Crippen molar-refractivity contribution in [3.05, 3.63) is 77.9 Å². The van der Waals surface area contributed by atoms with Crippen LogP contribution < -0.4 is 9.41 Å². The maximum Gasteiger partial charge on any atom is 3.00 e. The van der Waals surface area contributed by atoms with E-state index in [1.54, 1.807) is 0 Å². The Labute approximate surface area is 126 Å². The van der Waals surface area contributed by atoms with Gasteiger partial charge in [0.15, 0.2) is 0 Å². The van der Waals surface area contributed by atoms with Crippen molar-refractivity contribution in [3.63, 3.8) is 0 Å². The summed E-state index contributed by atoms with van der Waals surface area (Å²) in [4.78, 5) is 0. The first-order valence-corrected chi connectivity index (χ1v) is 5.60. The third kappa shape index (κ3) is 4.05. The van der Waals surface area contributed by atoms with Gasteiger partial charge in [0.25, 0.3) is 0 Å². The van der Waals surface area contributed by atoms with Crippen LogP contribution in [0.2, 0.25) is 0 Å². The van der Waals surface area contributed by atoms with Gasteiger partial charge in [-0.1, -0.05) is 36.4 Å². The Morgan fingerprint density at radius 2 is 1.42 bits per heavy atom. The van der Waals surface area contributed by atoms with Crippen molar-refractivity contribution in [3.8, 4) is 0 Å². The summed E-state index contributed by atoms with van der Waals surface area (Å²) >= 11 is 0. The molecule has 3 aromatic rings. The Morgan fingerprint density at radius 1 is 0.789 bits per heavy atom. The summed E-state index contributed by atoms with van der Waals surface area (Å²) in [6, 6.07) is 23.7. The van der Waals surface area contributed by atoms with Crippen LogP contribution in [-0.4, -0.2) is 0 Å². The maximum absolute atomic E-state index is 2.28. The second-order valence-electron chi connectivity index (χ2n) is 4.15. The monoisotopic (exact) mass is 291 g/mol. The van der Waals surface area contributed by atoms with E-state index in [0.29, 0.717) is 0 Å². The zero-order valence-electron chi connectivity index (χ0n) is 10.3. The van der Waals surface area contributed by atoms with Gasteiger partial charge in [-0.15, -0.1) is 40.6 Å². The molecule has 0 heterocycles. The molecule has 0 saturated carbocycles. The molecule has 0 saturated heterocycles. The molecule has 0 aromatic heterocycles. The molecular formula is C16H13F2Ti. The van der Waals surface area contributed by atoms with Gasteiger partial charge in [-0.05, 0) is 12.0 Å². The maximum atomic E-state index is 2.28. The van der Waals surface area contributed by atoms with Gasteiger partial charge < -0.3 is 9.41 Å². The quantitative estimate of drug-likeness (QED) is 0.384. The first-order chi connectivity index (χ1) is 7.92. The van der Waals surface area contributed by atoms with Gasteiger partial charge in [0, 0.05) is 0 Å². The van der Waals surface area contributed by atoms with Crippen LogP contribution in [0.4, 0.5) is 0 Å². The summed E-state index contributed by atoms with van der Waals surface area (Å²) in [7, 11) is 0. The summed E-state index contributed by atoms with van der Waals surface area (Å²) in [5, 5.41) is 2.68. The molecule has 0 N–H and O–H groups in total. The molecule has 3 aromatic carbocycles. The van der Waals surface area contributed by atoms with Gasteiger partial charge in [0.05, 0.1) is 0 Å². The molecule has 3 heteroatoms. The van der Waals surface area contributed by atoms with Crippen molar-refractivity contribution in [2.75, 3.05) is 0 Å². The molecule has 0 bridgehead atoms. The topological polar surface area (TPSA) is 0 Å². The summed E-state index contributed by atoms with van der Waals surface area (Å²) in [5.41, 5.74) is 2.77. The molecule has 0 nitrogen and oxygen atoms in total. The van der Waals surface area contributed by atoms with Crippen molar-refractivity contribution >= 4 is 10.8 Å². The Hall–Kier alpha value is -1.38. The van der Waals surface area contributed by atoms with E-state index >= 15 is 0 Å². The smallest absolute Gasteiger partial charge is 1.00 e. The molecule has 1 radical (unpaired) electrons. The standard InChI is InChI=1S/C16H13.2FH.Ti/c1-2-6-13(7-3-1)10-14-11-15-8-4-5-9-16(15)12-14;;;/h1-9,11-12H,10H2;2*1H;/q-1;;;+3/p-2. The minimum Gasteiger partial charge on any atom is -1.00 e. The molecule has 0 atom stereocenters. The molecule has 0 aliphatic carbocycles. The van der Waals surface area contributed by atoms with Gasteiger partial charge in [-0.2, -0.15) is 6.07 Å². The van der Waals surface area contributed by atoms with Crippen molar-refractivity contribution in [1.82, 2.24) is 0 Å². The van der Waals surface area contributed by atoms with E-state index in [-0.39, 0.29) is 31.1 Å². The number of halogens is 2. The molecule has 0 aliphatic heterocycles. The minimum absolute atomic E-state index is 0. The van der Waals surface area contributed by atoms with Crippen LogP contribution in [0.1, 0.15) is 11.1 Å². The van der Waals surface area contributed by atoms with Gasteiger partial charge in [-0.3, -0.25) is 0 Å². The van der Waals surface area contributed by atoms with Gasteiger partial charge in [0.2, 0.25) is 0 Å². The van der Waals surface area contributed by atoms with Crippen LogP contribution in [0.5, 0.6) is 0 Å². The zero-order chi connectivity index (χ0) is 10.8. The second-order valence-corrected chi connectivity index (χ2v) is 4.15. The minimum atomic E-state index is 0. The van der Waals surface area contributed by atoms with E-state index in [0.717, 1.165) is 6.42 Å². The van der Waals surface area contributed by atoms with Gasteiger partial charge in [-0.25, -0.2) is 0 Å². The van der Waals surface area contributed by atoms with Crippen LogP contribution in [0, 0.1) is 0 Å². The zero-order valence-corrected chi connectivity index (χ0v) is 11.9. The number of hydrogen-bond acceptors (Lipinski definition) is 0. The summed E-state index contributed by atoms with van der Waals surface area (Å²) in [6.45, 7) is 0. The number of fused-ring (bicyclic) bond motifs is 1. The Kier molecular flexibility index (Phi) is 7.35. The van der Waals surface area contributed by atoms with Crippen molar-refractivity contribution in [1.29, 1.82) is 0 Å². The first kappa shape index (κ1) is 17.6. The van der Waals surface area contributed by atoms with E-state index in [2.05, 4.69) is 66.7 Å². The molecule has 0 aliphatic rings. The van der Waals surface area contributed by atoms with E-state index in [1.165, 1.54) is 21.9 Å². The van der Waals surface area contributed by atoms with E-state index in [4.69, 9.17) is 0 Å². The second kappa shape index (κ2) is 7.93. The van der Waals surface area contributed by atoms with Crippen LogP contribution in [0.15, 0.2) is 66.7 Å². The Balaban J connectivity index is 0.00000108. The molecular weight excluding hydrogens is 278 g/mol.